The minimum Gasteiger partial charge on any atom is -0.496 e. The second kappa shape index (κ2) is 9.38. The number of sulfonamides is 1. The number of carbonyl (C=O) groups is 1. The number of amides is 1. The van der Waals surface area contributed by atoms with Gasteiger partial charge in [-0.2, -0.15) is 0 Å². The summed E-state index contributed by atoms with van der Waals surface area (Å²) in [5.41, 5.74) is 1.37. The zero-order valence-corrected chi connectivity index (χ0v) is 18.2. The molecule has 2 N–H and O–H groups in total. The highest BCUT2D eigenvalue weighted by Gasteiger charge is 2.17. The van der Waals surface area contributed by atoms with E-state index in [0.717, 1.165) is 5.56 Å². The molecule has 0 aliphatic rings. The highest BCUT2D eigenvalue weighted by atomic mass is 35.5. The zero-order valence-electron chi connectivity index (χ0n) is 15.9. The Morgan fingerprint density at radius 1 is 0.967 bits per heavy atom. The molecule has 0 aromatic heterocycles. The molecule has 3 aromatic carbocycles. The Morgan fingerprint density at radius 3 is 2.47 bits per heavy atom. The van der Waals surface area contributed by atoms with Crippen molar-refractivity contribution in [3.8, 4) is 5.75 Å². The summed E-state index contributed by atoms with van der Waals surface area (Å²) in [4.78, 5) is 12.5. The maximum atomic E-state index is 12.6. The molecule has 0 aliphatic heterocycles. The lowest BCUT2D eigenvalue weighted by atomic mass is 10.1. The number of anilines is 1. The van der Waals surface area contributed by atoms with Crippen LogP contribution in [0.25, 0.3) is 0 Å². The van der Waals surface area contributed by atoms with E-state index in [4.69, 9.17) is 27.9 Å². The molecule has 0 spiro atoms. The van der Waals surface area contributed by atoms with Crippen LogP contribution in [-0.4, -0.2) is 21.4 Å². The summed E-state index contributed by atoms with van der Waals surface area (Å²) in [5.74, 6) is 0.317. The van der Waals surface area contributed by atoms with Gasteiger partial charge < -0.3 is 10.1 Å². The fourth-order valence-corrected chi connectivity index (χ4v) is 4.15. The first-order chi connectivity index (χ1) is 14.3. The van der Waals surface area contributed by atoms with Crippen molar-refractivity contribution in [2.45, 2.75) is 11.4 Å². The standard InChI is InChI=1S/C21H18Cl2N2O4S/c1-29-20-8-3-2-5-15(20)13-24-21(26)14-6-4-7-16(11-14)25-30(27,28)17-9-10-18(22)19(23)12-17/h2-12,25H,13H2,1H3,(H,24,26). The molecule has 0 heterocycles. The summed E-state index contributed by atoms with van der Waals surface area (Å²) in [6.45, 7) is 0.266. The first-order valence-electron chi connectivity index (χ1n) is 8.78. The van der Waals surface area contributed by atoms with E-state index in [1.807, 2.05) is 18.2 Å². The molecule has 0 aliphatic carbocycles. The van der Waals surface area contributed by atoms with Gasteiger partial charge in [0, 0.05) is 23.4 Å². The van der Waals surface area contributed by atoms with E-state index >= 15 is 0 Å². The van der Waals surface area contributed by atoms with Crippen molar-refractivity contribution in [1.29, 1.82) is 0 Å². The lowest BCUT2D eigenvalue weighted by molar-refractivity contribution is 0.0950. The van der Waals surface area contributed by atoms with Gasteiger partial charge >= 0.3 is 0 Å². The maximum absolute atomic E-state index is 12.6. The fourth-order valence-electron chi connectivity index (χ4n) is 2.71. The van der Waals surface area contributed by atoms with E-state index in [1.54, 1.807) is 31.4 Å². The molecule has 0 saturated heterocycles. The van der Waals surface area contributed by atoms with Gasteiger partial charge in [-0.25, -0.2) is 8.42 Å². The van der Waals surface area contributed by atoms with Gasteiger partial charge in [0.15, 0.2) is 0 Å². The molecule has 0 unspecified atom stereocenters. The topological polar surface area (TPSA) is 84.5 Å². The van der Waals surface area contributed by atoms with Crippen molar-refractivity contribution in [1.82, 2.24) is 5.32 Å². The van der Waals surface area contributed by atoms with Gasteiger partial charge in [0.2, 0.25) is 0 Å². The van der Waals surface area contributed by atoms with E-state index in [-0.39, 0.29) is 33.1 Å². The highest BCUT2D eigenvalue weighted by molar-refractivity contribution is 7.92. The van der Waals surface area contributed by atoms with Crippen molar-refractivity contribution >= 4 is 44.8 Å². The van der Waals surface area contributed by atoms with E-state index in [9.17, 15) is 13.2 Å². The van der Waals surface area contributed by atoms with Gasteiger partial charge in [0.1, 0.15) is 5.75 Å². The molecule has 3 aromatic rings. The van der Waals surface area contributed by atoms with E-state index < -0.39 is 10.0 Å². The molecule has 0 fully saturated rings. The third kappa shape index (κ3) is 5.24. The van der Waals surface area contributed by atoms with Crippen molar-refractivity contribution in [3.05, 3.63) is 87.9 Å². The number of ether oxygens (including phenoxy) is 1. The third-order valence-electron chi connectivity index (χ3n) is 4.21. The Labute approximate surface area is 184 Å². The highest BCUT2D eigenvalue weighted by Crippen LogP contribution is 2.26. The van der Waals surface area contributed by atoms with Crippen molar-refractivity contribution in [2.24, 2.45) is 0 Å². The number of para-hydroxylation sites is 1. The van der Waals surface area contributed by atoms with Crippen molar-refractivity contribution in [3.63, 3.8) is 0 Å². The average Bonchev–Trinajstić information content (AvgIpc) is 2.74. The summed E-state index contributed by atoms with van der Waals surface area (Å²) in [7, 11) is -2.34. The lowest BCUT2D eigenvalue weighted by Gasteiger charge is -2.11. The number of rotatable bonds is 7. The first-order valence-corrected chi connectivity index (χ1v) is 11.0. The normalized spacial score (nSPS) is 11.0. The van der Waals surface area contributed by atoms with Gasteiger partial charge in [-0.3, -0.25) is 9.52 Å². The van der Waals surface area contributed by atoms with Crippen LogP contribution in [0.5, 0.6) is 5.75 Å². The SMILES string of the molecule is COc1ccccc1CNC(=O)c1cccc(NS(=O)(=O)c2ccc(Cl)c(Cl)c2)c1. The van der Waals surface area contributed by atoms with Crippen LogP contribution in [-0.2, 0) is 16.6 Å². The molecule has 3 rings (SSSR count). The van der Waals surface area contributed by atoms with Gasteiger partial charge in [0.05, 0.1) is 22.1 Å². The molecule has 6 nitrogen and oxygen atoms in total. The number of hydrogen-bond donors (Lipinski definition) is 2. The first kappa shape index (κ1) is 22.0. The summed E-state index contributed by atoms with van der Waals surface area (Å²) in [6.07, 6.45) is 0. The van der Waals surface area contributed by atoms with Gasteiger partial charge in [-0.1, -0.05) is 47.5 Å². The molecule has 1 amide bonds. The van der Waals surface area contributed by atoms with Crippen LogP contribution in [0.2, 0.25) is 10.0 Å². The molecule has 0 atom stereocenters. The van der Waals surface area contributed by atoms with Crippen LogP contribution in [0.1, 0.15) is 15.9 Å². The van der Waals surface area contributed by atoms with Crippen LogP contribution in [0, 0.1) is 0 Å². The Balaban J connectivity index is 1.73. The molecule has 0 radical (unpaired) electrons. The molecule has 9 heteroatoms. The summed E-state index contributed by atoms with van der Waals surface area (Å²) >= 11 is 11.8. The maximum Gasteiger partial charge on any atom is 0.261 e. The predicted molar refractivity (Wildman–Crippen MR) is 118 cm³/mol. The number of nitrogens with one attached hydrogen (secondary N) is 2. The summed E-state index contributed by atoms with van der Waals surface area (Å²) in [6, 6.07) is 17.5. The number of carbonyl (C=O) groups excluding carboxylic acids is 1. The smallest absolute Gasteiger partial charge is 0.261 e. The second-order valence-electron chi connectivity index (χ2n) is 6.26. The number of hydrogen-bond acceptors (Lipinski definition) is 4. The summed E-state index contributed by atoms with van der Waals surface area (Å²) < 4.78 is 32.9. The number of methoxy groups -OCH3 is 1. The number of benzene rings is 3. The van der Waals surface area contributed by atoms with Gasteiger partial charge in [-0.05, 0) is 42.5 Å². The van der Waals surface area contributed by atoms with E-state index in [2.05, 4.69) is 10.0 Å². The van der Waals surface area contributed by atoms with E-state index in [0.29, 0.717) is 11.3 Å². The molecule has 0 saturated carbocycles. The quantitative estimate of drug-likeness (QED) is 0.528. The van der Waals surface area contributed by atoms with Crippen molar-refractivity contribution in [2.75, 3.05) is 11.8 Å². The molecular formula is C21H18Cl2N2O4S. The number of halogens is 2. The monoisotopic (exact) mass is 464 g/mol. The van der Waals surface area contributed by atoms with Crippen LogP contribution >= 0.6 is 23.2 Å². The third-order valence-corrected chi connectivity index (χ3v) is 6.33. The molecular weight excluding hydrogens is 447 g/mol. The Hall–Kier alpha value is -2.74. The Bertz CT molecular complexity index is 1180. The van der Waals surface area contributed by atoms with Crippen LogP contribution in [0.3, 0.4) is 0 Å². The average molecular weight is 465 g/mol. The zero-order chi connectivity index (χ0) is 21.7. The van der Waals surface area contributed by atoms with E-state index in [1.165, 1.54) is 24.3 Å². The van der Waals surface area contributed by atoms with Crippen LogP contribution in [0.15, 0.2) is 71.6 Å². The minimum absolute atomic E-state index is 0.0390. The lowest BCUT2D eigenvalue weighted by Crippen LogP contribution is -2.23. The van der Waals surface area contributed by atoms with Crippen LogP contribution < -0.4 is 14.8 Å². The Morgan fingerprint density at radius 2 is 1.73 bits per heavy atom. The molecule has 156 valence electrons. The molecule has 0 bridgehead atoms. The largest absolute Gasteiger partial charge is 0.496 e. The predicted octanol–water partition coefficient (Wildman–Crippen LogP) is 4.73. The fraction of sp³-hybridized carbons (Fsp3) is 0.0952. The minimum atomic E-state index is -3.90. The van der Waals surface area contributed by atoms with Gasteiger partial charge in [-0.15, -0.1) is 0 Å². The van der Waals surface area contributed by atoms with Gasteiger partial charge in [0.25, 0.3) is 15.9 Å². The van der Waals surface area contributed by atoms with Crippen LogP contribution in [0.4, 0.5) is 5.69 Å². The second-order valence-corrected chi connectivity index (χ2v) is 8.75. The molecule has 30 heavy (non-hydrogen) atoms. The summed E-state index contributed by atoms with van der Waals surface area (Å²) in [5, 5.41) is 3.18. The Kier molecular flexibility index (Phi) is 6.87. The van der Waals surface area contributed by atoms with Crippen molar-refractivity contribution < 1.29 is 17.9 Å².